The first-order valence-electron chi connectivity index (χ1n) is 8.64. The number of amides is 1. The Bertz CT molecular complexity index is 570. The van der Waals surface area contributed by atoms with E-state index >= 15 is 0 Å². The molecule has 0 heterocycles. The number of nitrogens with zero attached hydrogens (tertiary/aromatic N) is 1. The third kappa shape index (κ3) is 10.4. The Kier molecular flexibility index (Phi) is 12.8. The van der Waals surface area contributed by atoms with Crippen LogP contribution >= 0.6 is 24.0 Å². The number of rotatable bonds is 9. The maximum atomic E-state index is 13.2. The summed E-state index contributed by atoms with van der Waals surface area (Å²) in [6.07, 6.45) is -0.196. The Labute approximate surface area is 172 Å². The van der Waals surface area contributed by atoms with Crippen molar-refractivity contribution in [1.82, 2.24) is 16.0 Å². The summed E-state index contributed by atoms with van der Waals surface area (Å²) >= 11 is 0. The monoisotopic (exact) mass is 480 g/mol. The Morgan fingerprint density at radius 3 is 2.50 bits per heavy atom. The molecule has 0 bridgehead atoms. The van der Waals surface area contributed by atoms with Crippen LogP contribution in [0, 0.1) is 11.7 Å². The molecule has 6 nitrogen and oxygen atoms in total. The number of hydrogen-bond donors (Lipinski definition) is 3. The number of halogens is 2. The lowest BCUT2D eigenvalue weighted by atomic mass is 10.2. The number of guanidine groups is 1. The molecule has 1 atom stereocenters. The maximum Gasteiger partial charge on any atom is 0.222 e. The maximum absolute atomic E-state index is 13.2. The standard InChI is InChI=1S/C18H29FN4O2.HI/c1-5-20-18(22-10-9-21-17(24)13(2)3)23-12-14(4)25-16-8-6-7-15(19)11-16;/h6-8,11,13-14H,5,9-10,12H2,1-4H3,(H,21,24)(H2,20,22,23);1H. The minimum atomic E-state index is -0.327. The van der Waals surface area contributed by atoms with Crippen molar-refractivity contribution < 1.29 is 13.9 Å². The molecule has 0 radical (unpaired) electrons. The molecule has 0 spiro atoms. The first-order chi connectivity index (χ1) is 11.9. The third-order valence-electron chi connectivity index (χ3n) is 3.23. The van der Waals surface area contributed by atoms with E-state index in [9.17, 15) is 9.18 Å². The van der Waals surface area contributed by atoms with Crippen LogP contribution in [0.5, 0.6) is 5.75 Å². The minimum Gasteiger partial charge on any atom is -0.489 e. The van der Waals surface area contributed by atoms with Crippen molar-refractivity contribution >= 4 is 35.8 Å². The van der Waals surface area contributed by atoms with Gasteiger partial charge < -0.3 is 20.7 Å². The van der Waals surface area contributed by atoms with Crippen molar-refractivity contribution in [1.29, 1.82) is 0 Å². The Morgan fingerprint density at radius 2 is 1.88 bits per heavy atom. The van der Waals surface area contributed by atoms with Crippen molar-refractivity contribution in [2.75, 3.05) is 26.2 Å². The van der Waals surface area contributed by atoms with Gasteiger partial charge in [0.1, 0.15) is 17.7 Å². The van der Waals surface area contributed by atoms with E-state index in [4.69, 9.17) is 4.74 Å². The van der Waals surface area contributed by atoms with Crippen LogP contribution in [0.15, 0.2) is 29.3 Å². The topological polar surface area (TPSA) is 74.8 Å². The first-order valence-corrected chi connectivity index (χ1v) is 8.64. The average molecular weight is 480 g/mol. The Morgan fingerprint density at radius 1 is 1.19 bits per heavy atom. The van der Waals surface area contributed by atoms with Gasteiger partial charge in [-0.15, -0.1) is 24.0 Å². The van der Waals surface area contributed by atoms with Gasteiger partial charge in [-0.25, -0.2) is 9.38 Å². The fourth-order valence-corrected chi connectivity index (χ4v) is 1.94. The van der Waals surface area contributed by atoms with Gasteiger partial charge in [0.25, 0.3) is 0 Å². The fourth-order valence-electron chi connectivity index (χ4n) is 1.94. The van der Waals surface area contributed by atoms with Gasteiger partial charge in [0.05, 0.1) is 6.54 Å². The fraction of sp³-hybridized carbons (Fsp3) is 0.556. The summed E-state index contributed by atoms with van der Waals surface area (Å²) in [5.74, 6) is 0.809. The molecule has 148 valence electrons. The zero-order valence-electron chi connectivity index (χ0n) is 15.8. The van der Waals surface area contributed by atoms with Crippen LogP contribution in [-0.4, -0.2) is 44.1 Å². The number of carbonyl (C=O) groups excluding carboxylic acids is 1. The van der Waals surface area contributed by atoms with Crippen LogP contribution < -0.4 is 20.7 Å². The van der Waals surface area contributed by atoms with E-state index < -0.39 is 0 Å². The zero-order valence-corrected chi connectivity index (χ0v) is 18.2. The highest BCUT2D eigenvalue weighted by atomic mass is 127. The first kappa shape index (κ1) is 24.4. The van der Waals surface area contributed by atoms with E-state index in [1.807, 2.05) is 27.7 Å². The van der Waals surface area contributed by atoms with E-state index in [0.29, 0.717) is 31.3 Å². The molecule has 3 N–H and O–H groups in total. The van der Waals surface area contributed by atoms with Gasteiger partial charge in [-0.3, -0.25) is 4.79 Å². The highest BCUT2D eigenvalue weighted by Crippen LogP contribution is 2.13. The van der Waals surface area contributed by atoms with Gasteiger partial charge in [-0.2, -0.15) is 0 Å². The smallest absolute Gasteiger partial charge is 0.222 e. The second kappa shape index (κ2) is 13.6. The normalized spacial score (nSPS) is 12.2. The highest BCUT2D eigenvalue weighted by Gasteiger charge is 2.07. The molecule has 0 aliphatic heterocycles. The van der Waals surface area contributed by atoms with Crippen LogP contribution in [0.1, 0.15) is 27.7 Å². The quantitative estimate of drug-likeness (QED) is 0.220. The van der Waals surface area contributed by atoms with Crippen molar-refractivity contribution in [2.24, 2.45) is 10.9 Å². The number of ether oxygens (including phenoxy) is 1. The number of nitrogens with one attached hydrogen (secondary N) is 3. The summed E-state index contributed by atoms with van der Waals surface area (Å²) in [6.45, 7) is 9.81. The summed E-state index contributed by atoms with van der Waals surface area (Å²) < 4.78 is 18.8. The molecule has 0 aromatic heterocycles. The van der Waals surface area contributed by atoms with Gasteiger partial charge in [0.2, 0.25) is 5.91 Å². The molecule has 1 unspecified atom stereocenters. The molecule has 1 rings (SSSR count). The zero-order chi connectivity index (χ0) is 18.7. The largest absolute Gasteiger partial charge is 0.489 e. The van der Waals surface area contributed by atoms with Crippen molar-refractivity contribution in [3.63, 3.8) is 0 Å². The van der Waals surface area contributed by atoms with Crippen LogP contribution in [0.3, 0.4) is 0 Å². The van der Waals surface area contributed by atoms with Crippen LogP contribution in [0.25, 0.3) is 0 Å². The van der Waals surface area contributed by atoms with Crippen LogP contribution in [0.4, 0.5) is 4.39 Å². The van der Waals surface area contributed by atoms with Gasteiger partial charge in [0, 0.05) is 31.6 Å². The highest BCUT2D eigenvalue weighted by molar-refractivity contribution is 14.0. The van der Waals surface area contributed by atoms with Crippen molar-refractivity contribution in [3.8, 4) is 5.75 Å². The lowest BCUT2D eigenvalue weighted by Crippen LogP contribution is -2.42. The van der Waals surface area contributed by atoms with Crippen molar-refractivity contribution in [3.05, 3.63) is 30.1 Å². The van der Waals surface area contributed by atoms with Crippen molar-refractivity contribution in [2.45, 2.75) is 33.8 Å². The summed E-state index contributed by atoms with van der Waals surface area (Å²) in [5, 5.41) is 9.12. The second-order valence-corrected chi connectivity index (χ2v) is 5.98. The predicted molar refractivity (Wildman–Crippen MR) is 114 cm³/mol. The molecule has 0 saturated heterocycles. The molecule has 0 saturated carbocycles. The molecular formula is C18H30FIN4O2. The molecular weight excluding hydrogens is 450 g/mol. The molecule has 0 fully saturated rings. The summed E-state index contributed by atoms with van der Waals surface area (Å²) in [5.41, 5.74) is 0. The van der Waals surface area contributed by atoms with Gasteiger partial charge in [-0.1, -0.05) is 19.9 Å². The van der Waals surface area contributed by atoms with Gasteiger partial charge in [-0.05, 0) is 26.0 Å². The van der Waals surface area contributed by atoms with Crippen LogP contribution in [-0.2, 0) is 4.79 Å². The molecule has 1 aromatic carbocycles. The number of hydrogen-bond acceptors (Lipinski definition) is 3. The molecule has 0 aliphatic rings. The molecule has 1 amide bonds. The average Bonchev–Trinajstić information content (AvgIpc) is 2.56. The number of benzene rings is 1. The molecule has 26 heavy (non-hydrogen) atoms. The van der Waals surface area contributed by atoms with E-state index in [1.54, 1.807) is 12.1 Å². The SMILES string of the molecule is CCNC(=NCC(C)Oc1cccc(F)c1)NCCNC(=O)C(C)C.I. The Hall–Kier alpha value is -1.58. The van der Waals surface area contributed by atoms with Gasteiger partial charge in [0.15, 0.2) is 5.96 Å². The van der Waals surface area contributed by atoms with Gasteiger partial charge >= 0.3 is 0 Å². The second-order valence-electron chi connectivity index (χ2n) is 5.98. The van der Waals surface area contributed by atoms with Crippen LogP contribution in [0.2, 0.25) is 0 Å². The minimum absolute atomic E-state index is 0. The number of carbonyl (C=O) groups is 1. The summed E-state index contributed by atoms with van der Waals surface area (Å²) in [4.78, 5) is 15.9. The van der Waals surface area contributed by atoms with E-state index in [2.05, 4.69) is 20.9 Å². The lowest BCUT2D eigenvalue weighted by molar-refractivity contribution is -0.123. The predicted octanol–water partition coefficient (Wildman–Crippen LogP) is 2.54. The third-order valence-corrected chi connectivity index (χ3v) is 3.23. The summed E-state index contributed by atoms with van der Waals surface area (Å²) in [6, 6.07) is 6.05. The van der Waals surface area contributed by atoms with E-state index in [1.165, 1.54) is 12.1 Å². The number of aliphatic imine (C=N–C) groups is 1. The molecule has 1 aromatic rings. The summed E-state index contributed by atoms with van der Waals surface area (Å²) in [7, 11) is 0. The van der Waals surface area contributed by atoms with E-state index in [-0.39, 0.29) is 47.7 Å². The molecule has 0 aliphatic carbocycles. The van der Waals surface area contributed by atoms with E-state index in [0.717, 1.165) is 6.54 Å². The molecule has 8 heteroatoms. The lowest BCUT2D eigenvalue weighted by Gasteiger charge is -2.15. The Balaban J connectivity index is 0.00000625.